The van der Waals surface area contributed by atoms with Gasteiger partial charge in [0.15, 0.2) is 5.60 Å². The predicted molar refractivity (Wildman–Crippen MR) is 81.6 cm³/mol. The lowest BCUT2D eigenvalue weighted by Crippen LogP contribution is -2.52. The monoisotopic (exact) mass is 266 g/mol. The average molecular weight is 266 g/mol. The normalized spacial score (nSPS) is 24.1. The summed E-state index contributed by atoms with van der Waals surface area (Å²) < 4.78 is 6.43. The maximum absolute atomic E-state index is 6.43. The molecule has 0 aliphatic carbocycles. The van der Waals surface area contributed by atoms with Crippen molar-refractivity contribution < 1.29 is 4.74 Å². The van der Waals surface area contributed by atoms with E-state index in [2.05, 4.69) is 53.6 Å². The molecule has 2 aromatic carbocycles. The van der Waals surface area contributed by atoms with Crippen LogP contribution in [0, 0.1) is 0 Å². The summed E-state index contributed by atoms with van der Waals surface area (Å²) in [4.78, 5) is 4.62. The van der Waals surface area contributed by atoms with Crippen LogP contribution < -0.4 is 10.1 Å². The van der Waals surface area contributed by atoms with Gasteiger partial charge < -0.3 is 10.1 Å². The molecule has 0 radical (unpaired) electrons. The van der Waals surface area contributed by atoms with Gasteiger partial charge in [-0.25, -0.2) is 0 Å². The Labute approximate surface area is 118 Å². The SMILES string of the molecule is CCC1(C2=NCCN2)Cc2cccc3cccc(c23)O1. The Morgan fingerprint density at radius 3 is 2.85 bits per heavy atom. The Bertz CT molecular complexity index is 664. The van der Waals surface area contributed by atoms with Crippen LogP contribution in [-0.4, -0.2) is 24.5 Å². The first-order valence-electron chi connectivity index (χ1n) is 7.31. The van der Waals surface area contributed by atoms with Gasteiger partial charge in [-0.1, -0.05) is 37.3 Å². The zero-order valence-corrected chi connectivity index (χ0v) is 11.6. The standard InChI is InChI=1S/C17H18N2O/c1-2-17(16-18-9-10-19-16)11-13-7-3-5-12-6-4-8-14(20-17)15(12)13/h3-8H,2,9-11H2,1H3,(H,18,19). The van der Waals surface area contributed by atoms with E-state index in [0.29, 0.717) is 0 Å². The third kappa shape index (κ3) is 1.56. The quantitative estimate of drug-likeness (QED) is 0.906. The lowest BCUT2D eigenvalue weighted by molar-refractivity contribution is 0.130. The van der Waals surface area contributed by atoms with E-state index in [1.54, 1.807) is 0 Å². The summed E-state index contributed by atoms with van der Waals surface area (Å²) in [6.45, 7) is 3.95. The summed E-state index contributed by atoms with van der Waals surface area (Å²) >= 11 is 0. The zero-order chi connectivity index (χ0) is 13.6. The first-order valence-corrected chi connectivity index (χ1v) is 7.31. The highest BCUT2D eigenvalue weighted by molar-refractivity contribution is 5.97. The van der Waals surface area contributed by atoms with Crippen molar-refractivity contribution in [3.63, 3.8) is 0 Å². The highest BCUT2D eigenvalue weighted by Crippen LogP contribution is 2.40. The number of hydrogen-bond acceptors (Lipinski definition) is 3. The summed E-state index contributed by atoms with van der Waals surface area (Å²) in [5.41, 5.74) is 1.04. The van der Waals surface area contributed by atoms with Crippen molar-refractivity contribution in [2.75, 3.05) is 13.1 Å². The van der Waals surface area contributed by atoms with Crippen LogP contribution in [0.5, 0.6) is 5.75 Å². The molecular weight excluding hydrogens is 248 g/mol. The molecule has 3 nitrogen and oxygen atoms in total. The summed E-state index contributed by atoms with van der Waals surface area (Å²) in [6.07, 6.45) is 1.81. The fourth-order valence-electron chi connectivity index (χ4n) is 3.37. The molecule has 0 fully saturated rings. The van der Waals surface area contributed by atoms with Gasteiger partial charge in [-0.3, -0.25) is 4.99 Å². The Balaban J connectivity index is 1.89. The highest BCUT2D eigenvalue weighted by Gasteiger charge is 2.41. The molecule has 2 aliphatic heterocycles. The molecule has 3 heteroatoms. The maximum Gasteiger partial charge on any atom is 0.169 e. The Morgan fingerprint density at radius 1 is 1.25 bits per heavy atom. The fraction of sp³-hybridized carbons (Fsp3) is 0.353. The molecule has 1 unspecified atom stereocenters. The predicted octanol–water partition coefficient (Wildman–Crippen LogP) is 2.93. The second kappa shape index (κ2) is 4.23. The first-order chi connectivity index (χ1) is 9.82. The van der Waals surface area contributed by atoms with Gasteiger partial charge in [-0.05, 0) is 23.4 Å². The maximum atomic E-state index is 6.43. The van der Waals surface area contributed by atoms with E-state index in [1.165, 1.54) is 16.3 Å². The van der Waals surface area contributed by atoms with Crippen molar-refractivity contribution >= 4 is 16.6 Å². The molecule has 2 aliphatic rings. The highest BCUT2D eigenvalue weighted by atomic mass is 16.5. The summed E-state index contributed by atoms with van der Waals surface area (Å²) in [5, 5.41) is 5.92. The third-order valence-corrected chi connectivity index (χ3v) is 4.41. The lowest BCUT2D eigenvalue weighted by Gasteiger charge is -2.38. The summed E-state index contributed by atoms with van der Waals surface area (Å²) in [6, 6.07) is 12.8. The molecule has 102 valence electrons. The van der Waals surface area contributed by atoms with Crippen LogP contribution in [0.4, 0.5) is 0 Å². The minimum Gasteiger partial charge on any atom is -0.478 e. The molecule has 2 heterocycles. The molecule has 0 bridgehead atoms. The number of rotatable bonds is 2. The van der Waals surface area contributed by atoms with Gasteiger partial charge in [0.05, 0.1) is 6.54 Å². The second-order valence-corrected chi connectivity index (χ2v) is 5.56. The van der Waals surface area contributed by atoms with Crippen LogP contribution in [0.2, 0.25) is 0 Å². The zero-order valence-electron chi connectivity index (χ0n) is 11.6. The number of hydrogen-bond donors (Lipinski definition) is 1. The topological polar surface area (TPSA) is 33.6 Å². The Hall–Kier alpha value is -2.03. The summed E-state index contributed by atoms with van der Waals surface area (Å²) in [5.74, 6) is 2.01. The van der Waals surface area contributed by atoms with Crippen molar-refractivity contribution in [2.45, 2.75) is 25.4 Å². The van der Waals surface area contributed by atoms with Gasteiger partial charge in [0.1, 0.15) is 11.6 Å². The molecule has 0 aromatic heterocycles. The number of nitrogens with one attached hydrogen (secondary N) is 1. The van der Waals surface area contributed by atoms with Crippen molar-refractivity contribution in [2.24, 2.45) is 4.99 Å². The van der Waals surface area contributed by atoms with Crippen LogP contribution >= 0.6 is 0 Å². The molecule has 2 aromatic rings. The smallest absolute Gasteiger partial charge is 0.169 e. The van der Waals surface area contributed by atoms with Gasteiger partial charge >= 0.3 is 0 Å². The van der Waals surface area contributed by atoms with Crippen LogP contribution in [0.15, 0.2) is 41.4 Å². The number of aliphatic imine (C=N–C) groups is 1. The largest absolute Gasteiger partial charge is 0.478 e. The Morgan fingerprint density at radius 2 is 2.10 bits per heavy atom. The number of nitrogens with zero attached hydrogens (tertiary/aromatic N) is 1. The molecule has 0 spiro atoms. The van der Waals surface area contributed by atoms with Gasteiger partial charge in [0.2, 0.25) is 0 Å². The van der Waals surface area contributed by atoms with Crippen LogP contribution in [-0.2, 0) is 6.42 Å². The first kappa shape index (κ1) is 11.8. The van der Waals surface area contributed by atoms with Crippen molar-refractivity contribution in [3.8, 4) is 5.75 Å². The van der Waals surface area contributed by atoms with E-state index in [0.717, 1.165) is 37.5 Å². The summed E-state index contributed by atoms with van der Waals surface area (Å²) in [7, 11) is 0. The molecule has 0 saturated carbocycles. The van der Waals surface area contributed by atoms with Crippen molar-refractivity contribution in [1.29, 1.82) is 0 Å². The molecule has 4 rings (SSSR count). The molecule has 0 amide bonds. The van der Waals surface area contributed by atoms with Gasteiger partial charge in [0, 0.05) is 18.4 Å². The van der Waals surface area contributed by atoms with Gasteiger partial charge in [-0.2, -0.15) is 0 Å². The van der Waals surface area contributed by atoms with Crippen LogP contribution in [0.1, 0.15) is 18.9 Å². The van der Waals surface area contributed by atoms with Crippen molar-refractivity contribution in [1.82, 2.24) is 5.32 Å². The Kier molecular flexibility index (Phi) is 2.49. The molecule has 1 N–H and O–H groups in total. The third-order valence-electron chi connectivity index (χ3n) is 4.41. The molecule has 0 saturated heterocycles. The van der Waals surface area contributed by atoms with Crippen LogP contribution in [0.25, 0.3) is 10.8 Å². The second-order valence-electron chi connectivity index (χ2n) is 5.56. The minimum atomic E-state index is -0.320. The molecule has 1 atom stereocenters. The van der Waals surface area contributed by atoms with E-state index in [4.69, 9.17) is 4.74 Å². The minimum absolute atomic E-state index is 0.320. The van der Waals surface area contributed by atoms with E-state index >= 15 is 0 Å². The molecule has 20 heavy (non-hydrogen) atoms. The van der Waals surface area contributed by atoms with Gasteiger partial charge in [0.25, 0.3) is 0 Å². The number of benzene rings is 2. The number of ether oxygens (including phenoxy) is 1. The fourth-order valence-corrected chi connectivity index (χ4v) is 3.37. The number of amidine groups is 1. The van der Waals surface area contributed by atoms with E-state index in [9.17, 15) is 0 Å². The lowest BCUT2D eigenvalue weighted by atomic mass is 9.85. The van der Waals surface area contributed by atoms with E-state index < -0.39 is 0 Å². The van der Waals surface area contributed by atoms with Crippen LogP contribution in [0.3, 0.4) is 0 Å². The van der Waals surface area contributed by atoms with Gasteiger partial charge in [-0.15, -0.1) is 0 Å². The van der Waals surface area contributed by atoms with E-state index in [1.807, 2.05) is 0 Å². The van der Waals surface area contributed by atoms with E-state index in [-0.39, 0.29) is 5.60 Å². The van der Waals surface area contributed by atoms with Crippen molar-refractivity contribution in [3.05, 3.63) is 42.0 Å². The molecular formula is C17H18N2O. The average Bonchev–Trinajstić information content (AvgIpc) is 3.02.